The van der Waals surface area contributed by atoms with E-state index in [1.807, 2.05) is 14.1 Å². The summed E-state index contributed by atoms with van der Waals surface area (Å²) in [6.07, 6.45) is 7.36. The second kappa shape index (κ2) is 7.59. The van der Waals surface area contributed by atoms with E-state index in [-0.39, 0.29) is 11.9 Å². The first-order valence-electron chi connectivity index (χ1n) is 8.69. The lowest BCUT2D eigenvalue weighted by atomic mass is 9.91. The summed E-state index contributed by atoms with van der Waals surface area (Å²) in [5.74, 6) is 1.47. The summed E-state index contributed by atoms with van der Waals surface area (Å²) < 4.78 is 0. The van der Waals surface area contributed by atoms with Gasteiger partial charge in [0.15, 0.2) is 0 Å². The van der Waals surface area contributed by atoms with Crippen molar-refractivity contribution in [3.63, 3.8) is 0 Å². The molecule has 4 atom stereocenters. The summed E-state index contributed by atoms with van der Waals surface area (Å²) in [6, 6.07) is 1.15. The van der Waals surface area contributed by atoms with Crippen LogP contribution in [0.4, 0.5) is 0 Å². The maximum Gasteiger partial charge on any atom is 0.239 e. The zero-order chi connectivity index (χ0) is 15.4. The van der Waals surface area contributed by atoms with Crippen LogP contribution in [0.5, 0.6) is 0 Å². The SMILES string of the molecule is CC(C)CC(NC1CCCC1C1CCCN1)C(=O)N(C)C. The lowest BCUT2D eigenvalue weighted by molar-refractivity contribution is -0.131. The number of carbonyl (C=O) groups excluding carboxylic acids is 1. The number of nitrogens with zero attached hydrogens (tertiary/aromatic N) is 1. The van der Waals surface area contributed by atoms with Gasteiger partial charge in [0.2, 0.25) is 5.91 Å². The molecule has 2 rings (SSSR count). The first kappa shape index (κ1) is 16.8. The fourth-order valence-corrected chi connectivity index (χ4v) is 4.04. The van der Waals surface area contributed by atoms with Crippen molar-refractivity contribution in [1.82, 2.24) is 15.5 Å². The van der Waals surface area contributed by atoms with E-state index in [9.17, 15) is 4.79 Å². The Morgan fingerprint density at radius 1 is 1.24 bits per heavy atom. The molecule has 2 fully saturated rings. The predicted octanol–water partition coefficient (Wildman–Crippen LogP) is 2.00. The highest BCUT2D eigenvalue weighted by Gasteiger charge is 2.37. The molecule has 4 nitrogen and oxygen atoms in total. The molecule has 1 heterocycles. The lowest BCUT2D eigenvalue weighted by Gasteiger charge is -2.31. The van der Waals surface area contributed by atoms with Gasteiger partial charge in [-0.25, -0.2) is 0 Å². The highest BCUT2D eigenvalue weighted by molar-refractivity contribution is 5.81. The standard InChI is InChI=1S/C17H33N3O/c1-12(2)11-16(17(21)20(3)4)19-15-8-5-7-13(15)14-9-6-10-18-14/h12-16,18-19H,5-11H2,1-4H3. The number of hydrogen-bond donors (Lipinski definition) is 2. The van der Waals surface area contributed by atoms with Gasteiger partial charge in [0.25, 0.3) is 0 Å². The van der Waals surface area contributed by atoms with Crippen LogP contribution in [-0.4, -0.2) is 49.6 Å². The smallest absolute Gasteiger partial charge is 0.239 e. The van der Waals surface area contributed by atoms with Crippen molar-refractivity contribution in [1.29, 1.82) is 0 Å². The average Bonchev–Trinajstić information content (AvgIpc) is 3.06. The molecule has 0 radical (unpaired) electrons. The minimum absolute atomic E-state index is 0.0213. The number of amides is 1. The molecular formula is C17H33N3O. The Kier molecular flexibility index (Phi) is 6.06. The summed E-state index contributed by atoms with van der Waals surface area (Å²) in [6.45, 7) is 5.56. The average molecular weight is 295 g/mol. The van der Waals surface area contributed by atoms with Gasteiger partial charge in [0, 0.05) is 26.2 Å². The van der Waals surface area contributed by atoms with Gasteiger partial charge < -0.3 is 15.5 Å². The molecule has 1 saturated carbocycles. The Hall–Kier alpha value is -0.610. The van der Waals surface area contributed by atoms with Gasteiger partial charge in [-0.3, -0.25) is 4.79 Å². The van der Waals surface area contributed by atoms with Crippen molar-refractivity contribution >= 4 is 5.91 Å². The Labute approximate surface area is 130 Å². The third-order valence-electron chi connectivity index (χ3n) is 5.05. The molecule has 0 aromatic heterocycles. The van der Waals surface area contributed by atoms with Gasteiger partial charge in [0.1, 0.15) is 0 Å². The third-order valence-corrected chi connectivity index (χ3v) is 5.05. The fourth-order valence-electron chi connectivity index (χ4n) is 4.04. The normalized spacial score (nSPS) is 30.8. The van der Waals surface area contributed by atoms with E-state index in [1.54, 1.807) is 4.90 Å². The maximum atomic E-state index is 12.4. The zero-order valence-corrected chi connectivity index (χ0v) is 14.2. The molecule has 122 valence electrons. The third kappa shape index (κ3) is 4.43. The molecule has 1 aliphatic carbocycles. The van der Waals surface area contributed by atoms with Crippen molar-refractivity contribution in [2.75, 3.05) is 20.6 Å². The summed E-state index contributed by atoms with van der Waals surface area (Å²) in [5, 5.41) is 7.38. The molecule has 1 saturated heterocycles. The van der Waals surface area contributed by atoms with Gasteiger partial charge >= 0.3 is 0 Å². The van der Waals surface area contributed by atoms with Gasteiger partial charge in [-0.15, -0.1) is 0 Å². The second-order valence-corrected chi connectivity index (χ2v) is 7.49. The van der Waals surface area contributed by atoms with Crippen LogP contribution in [0.3, 0.4) is 0 Å². The van der Waals surface area contributed by atoms with Crippen molar-refractivity contribution in [3.05, 3.63) is 0 Å². The van der Waals surface area contributed by atoms with E-state index < -0.39 is 0 Å². The largest absolute Gasteiger partial charge is 0.347 e. The summed E-state index contributed by atoms with van der Waals surface area (Å²) in [7, 11) is 3.73. The van der Waals surface area contributed by atoms with Crippen LogP contribution in [0.2, 0.25) is 0 Å². The van der Waals surface area contributed by atoms with E-state index in [1.165, 1.54) is 38.6 Å². The summed E-state index contributed by atoms with van der Waals surface area (Å²) in [5.41, 5.74) is 0. The van der Waals surface area contributed by atoms with Crippen LogP contribution >= 0.6 is 0 Å². The van der Waals surface area contributed by atoms with E-state index in [4.69, 9.17) is 0 Å². The van der Waals surface area contributed by atoms with Gasteiger partial charge in [-0.05, 0) is 50.5 Å². The highest BCUT2D eigenvalue weighted by Crippen LogP contribution is 2.32. The Balaban J connectivity index is 1.98. The Morgan fingerprint density at radius 3 is 2.57 bits per heavy atom. The number of nitrogens with one attached hydrogen (secondary N) is 2. The topological polar surface area (TPSA) is 44.4 Å². The first-order chi connectivity index (χ1) is 9.99. The van der Waals surface area contributed by atoms with Gasteiger partial charge in [0.05, 0.1) is 6.04 Å². The molecule has 4 unspecified atom stereocenters. The molecule has 0 aromatic carbocycles. The van der Waals surface area contributed by atoms with Crippen LogP contribution in [-0.2, 0) is 4.79 Å². The molecule has 0 spiro atoms. The molecule has 2 aliphatic rings. The minimum atomic E-state index is -0.0213. The molecule has 4 heteroatoms. The number of hydrogen-bond acceptors (Lipinski definition) is 3. The van der Waals surface area contributed by atoms with E-state index >= 15 is 0 Å². The van der Waals surface area contributed by atoms with E-state index in [0.29, 0.717) is 23.9 Å². The summed E-state index contributed by atoms with van der Waals surface area (Å²) in [4.78, 5) is 14.2. The lowest BCUT2D eigenvalue weighted by Crippen LogP contribution is -2.52. The number of likely N-dealkylation sites (N-methyl/N-ethyl adjacent to an activating group) is 1. The van der Waals surface area contributed by atoms with Crippen LogP contribution < -0.4 is 10.6 Å². The van der Waals surface area contributed by atoms with Crippen LogP contribution in [0.1, 0.15) is 52.4 Å². The van der Waals surface area contributed by atoms with Crippen LogP contribution in [0, 0.1) is 11.8 Å². The molecule has 0 bridgehead atoms. The number of rotatable bonds is 6. The minimum Gasteiger partial charge on any atom is -0.347 e. The van der Waals surface area contributed by atoms with Gasteiger partial charge in [-0.2, -0.15) is 0 Å². The maximum absolute atomic E-state index is 12.4. The van der Waals surface area contributed by atoms with E-state index in [0.717, 1.165) is 6.42 Å². The molecule has 2 N–H and O–H groups in total. The fraction of sp³-hybridized carbons (Fsp3) is 0.941. The Morgan fingerprint density at radius 2 is 2.00 bits per heavy atom. The van der Waals surface area contributed by atoms with Crippen LogP contribution in [0.25, 0.3) is 0 Å². The second-order valence-electron chi connectivity index (χ2n) is 7.49. The number of carbonyl (C=O) groups is 1. The molecule has 1 aliphatic heterocycles. The van der Waals surface area contributed by atoms with Crippen molar-refractivity contribution in [3.8, 4) is 0 Å². The highest BCUT2D eigenvalue weighted by atomic mass is 16.2. The van der Waals surface area contributed by atoms with Crippen LogP contribution in [0.15, 0.2) is 0 Å². The monoisotopic (exact) mass is 295 g/mol. The van der Waals surface area contributed by atoms with Crippen molar-refractivity contribution in [2.45, 2.75) is 70.5 Å². The van der Waals surface area contributed by atoms with Crippen molar-refractivity contribution < 1.29 is 4.79 Å². The molecule has 1 amide bonds. The van der Waals surface area contributed by atoms with Crippen molar-refractivity contribution in [2.24, 2.45) is 11.8 Å². The predicted molar refractivity (Wildman–Crippen MR) is 87.2 cm³/mol. The first-order valence-corrected chi connectivity index (χ1v) is 8.69. The quantitative estimate of drug-likeness (QED) is 0.788. The molecular weight excluding hydrogens is 262 g/mol. The Bertz CT molecular complexity index is 337. The zero-order valence-electron chi connectivity index (χ0n) is 14.2. The molecule has 21 heavy (non-hydrogen) atoms. The van der Waals surface area contributed by atoms with E-state index in [2.05, 4.69) is 24.5 Å². The van der Waals surface area contributed by atoms with Gasteiger partial charge in [-0.1, -0.05) is 20.3 Å². The summed E-state index contributed by atoms with van der Waals surface area (Å²) >= 11 is 0. The molecule has 0 aromatic rings.